The van der Waals surface area contributed by atoms with Crippen LogP contribution in [0.2, 0.25) is 5.02 Å². The lowest BCUT2D eigenvalue weighted by atomic mass is 10.1. The number of hydrogen-bond donors (Lipinski definition) is 2. The molecule has 0 aliphatic carbocycles. The average Bonchev–Trinajstić information content (AvgIpc) is 2.48. The van der Waals surface area contributed by atoms with Crippen molar-refractivity contribution in [2.75, 3.05) is 5.32 Å². The number of aliphatic hydroxyl groups excluding tert-OH is 1. The molecule has 1 heterocycles. The zero-order valence-electron chi connectivity index (χ0n) is 13.8. The molecule has 0 saturated heterocycles. The van der Waals surface area contributed by atoms with Crippen LogP contribution in [0.5, 0.6) is 11.6 Å². The number of anilines is 1. The van der Waals surface area contributed by atoms with Crippen LogP contribution in [0.1, 0.15) is 30.2 Å². The first kappa shape index (κ1) is 17.2. The van der Waals surface area contributed by atoms with E-state index in [1.165, 1.54) is 0 Å². The number of pyridine rings is 1. The minimum Gasteiger partial charge on any atom is -0.514 e. The molecule has 4 nitrogen and oxygen atoms in total. The van der Waals surface area contributed by atoms with E-state index < -0.39 is 0 Å². The van der Waals surface area contributed by atoms with E-state index in [0.717, 1.165) is 40.2 Å². The van der Waals surface area contributed by atoms with Gasteiger partial charge in [-0.05, 0) is 56.5 Å². The van der Waals surface area contributed by atoms with Crippen molar-refractivity contribution in [1.82, 2.24) is 4.98 Å². The van der Waals surface area contributed by atoms with Gasteiger partial charge in [-0.3, -0.25) is 0 Å². The normalized spacial score (nSPS) is 11.4. The van der Waals surface area contributed by atoms with Crippen LogP contribution in [0.4, 0.5) is 5.69 Å². The Morgan fingerprint density at radius 1 is 1.22 bits per heavy atom. The summed E-state index contributed by atoms with van der Waals surface area (Å²) in [4.78, 5) is 4.42. The molecule has 0 aliphatic heterocycles. The number of aromatic nitrogens is 1. The molecule has 2 rings (SSSR count). The third kappa shape index (κ3) is 4.39. The van der Waals surface area contributed by atoms with Crippen LogP contribution in [-0.4, -0.2) is 10.1 Å². The van der Waals surface area contributed by atoms with Crippen LogP contribution in [0.3, 0.4) is 0 Å². The molecule has 0 atom stereocenters. The van der Waals surface area contributed by atoms with Gasteiger partial charge in [0.2, 0.25) is 5.88 Å². The Hall–Kier alpha value is -2.20. The highest BCUT2D eigenvalue weighted by molar-refractivity contribution is 6.30. The topological polar surface area (TPSA) is 54.4 Å². The first-order valence-electron chi connectivity index (χ1n) is 7.46. The summed E-state index contributed by atoms with van der Waals surface area (Å²) in [6.07, 6.45) is 1.77. The predicted molar refractivity (Wildman–Crippen MR) is 94.6 cm³/mol. The molecule has 0 bridgehead atoms. The van der Waals surface area contributed by atoms with Crippen LogP contribution in [0.15, 0.2) is 36.2 Å². The van der Waals surface area contributed by atoms with Crippen molar-refractivity contribution in [3.05, 3.63) is 58.1 Å². The average molecular weight is 333 g/mol. The van der Waals surface area contributed by atoms with E-state index in [2.05, 4.69) is 10.3 Å². The van der Waals surface area contributed by atoms with Crippen molar-refractivity contribution in [1.29, 1.82) is 0 Å². The molecule has 0 spiro atoms. The number of benzene rings is 1. The lowest BCUT2D eigenvalue weighted by molar-refractivity contribution is 0.455. The van der Waals surface area contributed by atoms with Crippen LogP contribution in [0, 0.1) is 20.8 Å². The molecule has 0 amide bonds. The quantitative estimate of drug-likeness (QED) is 0.692. The number of aryl methyl sites for hydroxylation is 3. The molecule has 5 heteroatoms. The van der Waals surface area contributed by atoms with E-state index in [0.29, 0.717) is 17.3 Å². The van der Waals surface area contributed by atoms with E-state index in [-0.39, 0.29) is 0 Å². The number of aliphatic hydroxyl groups is 1. The van der Waals surface area contributed by atoms with E-state index in [1.807, 2.05) is 45.9 Å². The minimum absolute atomic E-state index is 0.495. The van der Waals surface area contributed by atoms with Gasteiger partial charge < -0.3 is 15.2 Å². The standard InChI is InChI=1S/C18H21ClN2O2/c1-5-15(10-22)21-16-8-13(4)20-17(9-16)23-18-11(2)6-14(19)7-12(18)3/h6-10,22H,5H2,1-4H3,(H,20,21). The fourth-order valence-corrected chi connectivity index (χ4v) is 2.65. The third-order valence-electron chi connectivity index (χ3n) is 3.40. The SMILES string of the molecule is CCC(=CO)Nc1cc(C)nc(Oc2c(C)cc(Cl)cc2C)c1. The van der Waals surface area contributed by atoms with Gasteiger partial charge in [-0.25, -0.2) is 4.98 Å². The molecule has 1 aromatic carbocycles. The maximum Gasteiger partial charge on any atom is 0.221 e. The number of nitrogens with zero attached hydrogens (tertiary/aromatic N) is 1. The van der Waals surface area contributed by atoms with E-state index >= 15 is 0 Å². The smallest absolute Gasteiger partial charge is 0.221 e. The summed E-state index contributed by atoms with van der Waals surface area (Å²) < 4.78 is 5.97. The Balaban J connectivity index is 2.32. The Kier molecular flexibility index (Phi) is 5.50. The molecule has 0 saturated carbocycles. The van der Waals surface area contributed by atoms with Crippen molar-refractivity contribution in [3.63, 3.8) is 0 Å². The molecule has 122 valence electrons. The van der Waals surface area contributed by atoms with Gasteiger partial charge in [0.05, 0.1) is 6.26 Å². The lowest BCUT2D eigenvalue weighted by Gasteiger charge is -2.14. The van der Waals surface area contributed by atoms with Crippen LogP contribution in [0.25, 0.3) is 0 Å². The first-order valence-corrected chi connectivity index (χ1v) is 7.84. The number of halogens is 1. The Bertz CT molecular complexity index is 719. The van der Waals surface area contributed by atoms with Crippen molar-refractivity contribution in [3.8, 4) is 11.6 Å². The summed E-state index contributed by atoms with van der Waals surface area (Å²) in [6.45, 7) is 7.76. The van der Waals surface area contributed by atoms with Crippen LogP contribution in [-0.2, 0) is 0 Å². The zero-order chi connectivity index (χ0) is 17.0. The van der Waals surface area contributed by atoms with Gasteiger partial charge in [0.15, 0.2) is 0 Å². The molecule has 1 aromatic heterocycles. The first-order chi connectivity index (χ1) is 10.9. The molecule has 2 aromatic rings. The van der Waals surface area contributed by atoms with Gasteiger partial charge in [-0.1, -0.05) is 18.5 Å². The summed E-state index contributed by atoms with van der Waals surface area (Å²) >= 11 is 6.05. The second-order valence-electron chi connectivity index (χ2n) is 5.44. The van der Waals surface area contributed by atoms with Crippen LogP contribution < -0.4 is 10.1 Å². The van der Waals surface area contributed by atoms with Gasteiger partial charge in [0.25, 0.3) is 0 Å². The molecule has 0 aliphatic rings. The molecule has 2 N–H and O–H groups in total. The van der Waals surface area contributed by atoms with Crippen molar-refractivity contribution < 1.29 is 9.84 Å². The molecule has 0 radical (unpaired) electrons. The van der Waals surface area contributed by atoms with Gasteiger partial charge in [-0.2, -0.15) is 0 Å². The molecule has 0 fully saturated rings. The maximum atomic E-state index is 9.18. The monoisotopic (exact) mass is 332 g/mol. The number of nitrogens with one attached hydrogen (secondary N) is 1. The minimum atomic E-state index is 0.495. The van der Waals surface area contributed by atoms with Crippen molar-refractivity contribution in [2.24, 2.45) is 0 Å². The fraction of sp³-hybridized carbons (Fsp3) is 0.278. The van der Waals surface area contributed by atoms with Crippen LogP contribution >= 0.6 is 11.6 Å². The largest absolute Gasteiger partial charge is 0.514 e. The number of ether oxygens (including phenoxy) is 1. The number of rotatable bonds is 5. The summed E-state index contributed by atoms with van der Waals surface area (Å²) in [5.41, 5.74) is 4.27. The third-order valence-corrected chi connectivity index (χ3v) is 3.62. The number of allylic oxidation sites excluding steroid dienone is 1. The Labute approximate surface area is 141 Å². The van der Waals surface area contributed by atoms with Gasteiger partial charge >= 0.3 is 0 Å². The highest BCUT2D eigenvalue weighted by Crippen LogP contribution is 2.31. The zero-order valence-corrected chi connectivity index (χ0v) is 14.5. The molecular weight excluding hydrogens is 312 g/mol. The summed E-state index contributed by atoms with van der Waals surface area (Å²) in [6, 6.07) is 7.43. The Morgan fingerprint density at radius 3 is 2.43 bits per heavy atom. The number of hydrogen-bond acceptors (Lipinski definition) is 4. The Morgan fingerprint density at radius 2 is 1.87 bits per heavy atom. The van der Waals surface area contributed by atoms with Crippen molar-refractivity contribution >= 4 is 17.3 Å². The van der Waals surface area contributed by atoms with Gasteiger partial charge in [0.1, 0.15) is 5.75 Å². The lowest BCUT2D eigenvalue weighted by Crippen LogP contribution is -2.01. The van der Waals surface area contributed by atoms with Gasteiger partial charge in [-0.15, -0.1) is 0 Å². The van der Waals surface area contributed by atoms with Crippen molar-refractivity contribution in [2.45, 2.75) is 34.1 Å². The highest BCUT2D eigenvalue weighted by Gasteiger charge is 2.10. The van der Waals surface area contributed by atoms with Gasteiger partial charge in [0, 0.05) is 28.2 Å². The van der Waals surface area contributed by atoms with E-state index in [4.69, 9.17) is 16.3 Å². The van der Waals surface area contributed by atoms with E-state index in [1.54, 1.807) is 6.07 Å². The summed E-state index contributed by atoms with van der Waals surface area (Å²) in [7, 11) is 0. The second-order valence-corrected chi connectivity index (χ2v) is 5.88. The molecule has 23 heavy (non-hydrogen) atoms. The van der Waals surface area contributed by atoms with E-state index in [9.17, 15) is 5.11 Å². The summed E-state index contributed by atoms with van der Waals surface area (Å²) in [5, 5.41) is 13.0. The predicted octanol–water partition coefficient (Wildman–Crippen LogP) is 5.67. The molecule has 0 unspecified atom stereocenters. The second kappa shape index (κ2) is 7.38. The fourth-order valence-electron chi connectivity index (χ4n) is 2.32. The highest BCUT2D eigenvalue weighted by atomic mass is 35.5. The maximum absolute atomic E-state index is 9.18. The summed E-state index contributed by atoms with van der Waals surface area (Å²) in [5.74, 6) is 1.25. The molecular formula is C18H21ClN2O2.